The highest BCUT2D eigenvalue weighted by atomic mass is 16.5. The zero-order chi connectivity index (χ0) is 21.3. The van der Waals surface area contributed by atoms with Crippen molar-refractivity contribution in [1.29, 1.82) is 0 Å². The van der Waals surface area contributed by atoms with E-state index in [2.05, 4.69) is 51.1 Å². The van der Waals surface area contributed by atoms with Crippen LogP contribution in [-0.2, 0) is 16.1 Å². The molecule has 2 aromatic carbocycles. The first kappa shape index (κ1) is 20.7. The number of benzene rings is 2. The van der Waals surface area contributed by atoms with Crippen molar-refractivity contribution in [2.45, 2.75) is 45.8 Å². The molecule has 0 aliphatic carbocycles. The number of amides is 1. The Bertz CT molecular complexity index is 919. The van der Waals surface area contributed by atoms with Gasteiger partial charge in [-0.15, -0.1) is 0 Å². The van der Waals surface area contributed by atoms with E-state index in [1.807, 2.05) is 11.0 Å². The number of aryl methyl sites for hydroxylation is 1. The van der Waals surface area contributed by atoms with E-state index in [0.29, 0.717) is 32.1 Å². The Morgan fingerprint density at radius 3 is 2.60 bits per heavy atom. The number of ether oxygens (including phenoxy) is 3. The third-order valence-corrected chi connectivity index (χ3v) is 6.06. The van der Waals surface area contributed by atoms with Crippen molar-refractivity contribution in [1.82, 2.24) is 4.90 Å². The van der Waals surface area contributed by atoms with Crippen LogP contribution < -0.4 is 9.47 Å². The molecule has 0 saturated carbocycles. The number of nitrogens with zero attached hydrogens (tertiary/aromatic N) is 1. The summed E-state index contributed by atoms with van der Waals surface area (Å²) >= 11 is 0. The predicted octanol–water partition coefficient (Wildman–Crippen LogP) is 4.60. The van der Waals surface area contributed by atoms with Crippen LogP contribution in [0.4, 0.5) is 0 Å². The van der Waals surface area contributed by atoms with Crippen LogP contribution in [0.3, 0.4) is 0 Å². The van der Waals surface area contributed by atoms with E-state index in [0.717, 1.165) is 35.3 Å². The predicted molar refractivity (Wildman–Crippen MR) is 117 cm³/mol. The lowest BCUT2D eigenvalue weighted by molar-refractivity contribution is -0.146. The molecule has 5 heteroatoms. The Labute approximate surface area is 178 Å². The molecule has 1 amide bonds. The lowest BCUT2D eigenvalue weighted by atomic mass is 9.87. The van der Waals surface area contributed by atoms with Crippen molar-refractivity contribution >= 4 is 5.91 Å². The molecule has 0 N–H and O–H groups in total. The molecule has 0 bridgehead atoms. The van der Waals surface area contributed by atoms with Gasteiger partial charge in [-0.3, -0.25) is 4.79 Å². The molecule has 2 aliphatic rings. The summed E-state index contributed by atoms with van der Waals surface area (Å²) in [6.45, 7) is 8.41. The van der Waals surface area contributed by atoms with Crippen molar-refractivity contribution < 1.29 is 19.0 Å². The summed E-state index contributed by atoms with van der Waals surface area (Å²) in [4.78, 5) is 15.3. The van der Waals surface area contributed by atoms with Gasteiger partial charge in [0.1, 0.15) is 6.61 Å². The standard InChI is InChI=1S/C25H31NO4/c1-17-5-7-18(8-6-17)20-13-21-16-26(10-12-29-23(21)22(14-20)28-4)24(27)19-9-11-30-25(2,3)15-19/h5-8,13-14,19H,9-12,15-16H2,1-4H3/t19-/m0/s1. The maximum atomic E-state index is 13.3. The number of hydrogen-bond donors (Lipinski definition) is 0. The molecule has 160 valence electrons. The molecule has 1 saturated heterocycles. The Hall–Kier alpha value is -2.53. The fourth-order valence-corrected chi connectivity index (χ4v) is 4.44. The van der Waals surface area contributed by atoms with Gasteiger partial charge in [-0.05, 0) is 56.9 Å². The number of methoxy groups -OCH3 is 1. The first-order chi connectivity index (χ1) is 14.4. The van der Waals surface area contributed by atoms with Crippen LogP contribution in [-0.4, -0.2) is 43.3 Å². The van der Waals surface area contributed by atoms with E-state index in [1.165, 1.54) is 5.56 Å². The molecule has 30 heavy (non-hydrogen) atoms. The van der Waals surface area contributed by atoms with Crippen LogP contribution in [0.25, 0.3) is 11.1 Å². The normalized spacial score (nSPS) is 20.7. The van der Waals surface area contributed by atoms with Crippen molar-refractivity contribution in [3.63, 3.8) is 0 Å². The summed E-state index contributed by atoms with van der Waals surface area (Å²) in [6, 6.07) is 12.6. The van der Waals surface area contributed by atoms with Crippen LogP contribution in [0.1, 0.15) is 37.8 Å². The van der Waals surface area contributed by atoms with Crippen LogP contribution in [0, 0.1) is 12.8 Å². The molecular weight excluding hydrogens is 378 g/mol. The van der Waals surface area contributed by atoms with Crippen molar-refractivity contribution in [2.24, 2.45) is 5.92 Å². The molecule has 0 spiro atoms. The molecule has 2 heterocycles. The van der Waals surface area contributed by atoms with Gasteiger partial charge in [0.2, 0.25) is 5.91 Å². The number of rotatable bonds is 3. The number of carbonyl (C=O) groups is 1. The summed E-state index contributed by atoms with van der Waals surface area (Å²) in [5.74, 6) is 1.65. The van der Waals surface area contributed by atoms with Gasteiger partial charge in [-0.1, -0.05) is 29.8 Å². The lowest BCUT2D eigenvalue weighted by Gasteiger charge is -2.36. The number of carbonyl (C=O) groups excluding carboxylic acids is 1. The van der Waals surface area contributed by atoms with Gasteiger partial charge in [-0.25, -0.2) is 0 Å². The SMILES string of the molecule is COc1cc(-c2ccc(C)cc2)cc2c1OCCN(C(=O)[C@H]1CCOC(C)(C)C1)C2. The van der Waals surface area contributed by atoms with Gasteiger partial charge in [-0.2, -0.15) is 0 Å². The molecule has 0 radical (unpaired) electrons. The molecule has 5 nitrogen and oxygen atoms in total. The minimum atomic E-state index is -0.249. The van der Waals surface area contributed by atoms with Crippen LogP contribution in [0.5, 0.6) is 11.5 Å². The zero-order valence-electron chi connectivity index (χ0n) is 18.4. The molecule has 0 aromatic heterocycles. The van der Waals surface area contributed by atoms with Crippen LogP contribution in [0.15, 0.2) is 36.4 Å². The molecule has 1 atom stereocenters. The van der Waals surface area contributed by atoms with Gasteiger partial charge >= 0.3 is 0 Å². The zero-order valence-corrected chi connectivity index (χ0v) is 18.4. The molecule has 4 rings (SSSR count). The summed E-state index contributed by atoms with van der Waals surface area (Å²) < 4.78 is 17.5. The van der Waals surface area contributed by atoms with E-state index in [-0.39, 0.29) is 17.4 Å². The maximum Gasteiger partial charge on any atom is 0.226 e. The van der Waals surface area contributed by atoms with E-state index in [9.17, 15) is 4.79 Å². The summed E-state index contributed by atoms with van der Waals surface area (Å²) in [5, 5.41) is 0. The highest BCUT2D eigenvalue weighted by Crippen LogP contribution is 2.39. The Balaban J connectivity index is 1.63. The van der Waals surface area contributed by atoms with Gasteiger partial charge in [0.15, 0.2) is 11.5 Å². The van der Waals surface area contributed by atoms with E-state index in [4.69, 9.17) is 14.2 Å². The molecule has 2 aliphatic heterocycles. The minimum Gasteiger partial charge on any atom is -0.493 e. The second kappa shape index (κ2) is 8.31. The maximum absolute atomic E-state index is 13.3. The smallest absolute Gasteiger partial charge is 0.226 e. The molecule has 1 fully saturated rings. The Kier molecular flexibility index (Phi) is 5.74. The summed E-state index contributed by atoms with van der Waals surface area (Å²) in [7, 11) is 1.66. The topological polar surface area (TPSA) is 48.0 Å². The second-order valence-electron chi connectivity index (χ2n) is 8.94. The number of hydrogen-bond acceptors (Lipinski definition) is 4. The molecule has 0 unspecified atom stereocenters. The fourth-order valence-electron chi connectivity index (χ4n) is 4.44. The van der Waals surface area contributed by atoms with Gasteiger partial charge in [0.05, 0.1) is 19.3 Å². The number of fused-ring (bicyclic) bond motifs is 1. The first-order valence-electron chi connectivity index (χ1n) is 10.7. The van der Waals surface area contributed by atoms with Crippen molar-refractivity contribution in [3.8, 4) is 22.6 Å². The van der Waals surface area contributed by atoms with Gasteiger partial charge in [0, 0.05) is 24.6 Å². The van der Waals surface area contributed by atoms with E-state index < -0.39 is 0 Å². The van der Waals surface area contributed by atoms with Gasteiger partial charge in [0.25, 0.3) is 0 Å². The average Bonchev–Trinajstić information content (AvgIpc) is 2.94. The third kappa shape index (κ3) is 4.31. The van der Waals surface area contributed by atoms with Gasteiger partial charge < -0.3 is 19.1 Å². The largest absolute Gasteiger partial charge is 0.493 e. The summed E-state index contributed by atoms with van der Waals surface area (Å²) in [6.07, 6.45) is 1.53. The fraction of sp³-hybridized carbons (Fsp3) is 0.480. The quantitative estimate of drug-likeness (QED) is 0.744. The Morgan fingerprint density at radius 2 is 1.90 bits per heavy atom. The van der Waals surface area contributed by atoms with E-state index >= 15 is 0 Å². The van der Waals surface area contributed by atoms with E-state index in [1.54, 1.807) is 7.11 Å². The van der Waals surface area contributed by atoms with Crippen LogP contribution >= 0.6 is 0 Å². The summed E-state index contributed by atoms with van der Waals surface area (Å²) in [5.41, 5.74) is 4.15. The first-order valence-corrected chi connectivity index (χ1v) is 10.7. The highest BCUT2D eigenvalue weighted by molar-refractivity contribution is 5.79. The molecular formula is C25H31NO4. The highest BCUT2D eigenvalue weighted by Gasteiger charge is 2.36. The average molecular weight is 410 g/mol. The van der Waals surface area contributed by atoms with Crippen LogP contribution in [0.2, 0.25) is 0 Å². The second-order valence-corrected chi connectivity index (χ2v) is 8.94. The van der Waals surface area contributed by atoms with Crippen molar-refractivity contribution in [2.75, 3.05) is 26.9 Å². The Morgan fingerprint density at radius 1 is 1.13 bits per heavy atom. The minimum absolute atomic E-state index is 0.00234. The third-order valence-electron chi connectivity index (χ3n) is 6.06. The lowest BCUT2D eigenvalue weighted by Crippen LogP contribution is -2.43. The monoisotopic (exact) mass is 409 g/mol. The van der Waals surface area contributed by atoms with Crippen molar-refractivity contribution in [3.05, 3.63) is 47.5 Å². The molecule has 2 aromatic rings.